The van der Waals surface area contributed by atoms with Gasteiger partial charge in [-0.05, 0) is 209 Å². The van der Waals surface area contributed by atoms with Crippen molar-refractivity contribution in [2.24, 2.45) is 4.99 Å². The number of halogens is 1. The van der Waals surface area contributed by atoms with Crippen LogP contribution in [0.4, 0.5) is 5.69 Å². The van der Waals surface area contributed by atoms with Crippen LogP contribution in [-0.4, -0.2) is 68.9 Å². The summed E-state index contributed by atoms with van der Waals surface area (Å²) in [6.07, 6.45) is -0.195. The first-order valence-corrected chi connectivity index (χ1v) is 30.1. The number of carbonyl (C=O) groups is 5. The number of hydrogen-bond donors (Lipinski definition) is 2. The zero-order chi connectivity index (χ0) is 66.4. The number of pyridine rings is 3. The average molecular weight is 1280 g/mol. The van der Waals surface area contributed by atoms with Crippen molar-refractivity contribution in [1.82, 2.24) is 14.5 Å². The summed E-state index contributed by atoms with van der Waals surface area (Å²) >= 11 is 3.41. The number of nitrogens with one attached hydrogen (secondary N) is 1. The third-order valence-electron chi connectivity index (χ3n) is 15.8. The number of H-pyrrole nitrogens is 1. The van der Waals surface area contributed by atoms with Crippen LogP contribution in [0.3, 0.4) is 0 Å². The Morgan fingerprint density at radius 2 is 1.02 bits per heavy atom. The zero-order valence-electron chi connectivity index (χ0n) is 53.4. The van der Waals surface area contributed by atoms with Gasteiger partial charge in [-0.2, -0.15) is 0 Å². The first kappa shape index (κ1) is 68.2. The van der Waals surface area contributed by atoms with Crippen molar-refractivity contribution in [2.45, 2.75) is 89.1 Å². The van der Waals surface area contributed by atoms with Crippen molar-refractivity contribution in [3.8, 4) is 0 Å². The summed E-state index contributed by atoms with van der Waals surface area (Å²) < 4.78 is 12.0. The lowest BCUT2D eigenvalue weighted by Crippen LogP contribution is -2.24. The number of carbonyl (C=O) groups excluding carboxylic acids is 5. The molecule has 3 heterocycles. The van der Waals surface area contributed by atoms with Crippen LogP contribution in [0.1, 0.15) is 123 Å². The number of fused-ring (bicyclic) bond motifs is 2. The van der Waals surface area contributed by atoms with Gasteiger partial charge in [-0.1, -0.05) is 97.1 Å². The summed E-state index contributed by atoms with van der Waals surface area (Å²) in [7, 11) is 2.56. The Kier molecular flexibility index (Phi) is 23.1. The number of aliphatic hydroxyl groups excluding tert-OH is 1. The Labute approximate surface area is 538 Å². The Bertz CT molecular complexity index is 4630. The highest BCUT2D eigenvalue weighted by molar-refractivity contribution is 9.10. The lowest BCUT2D eigenvalue weighted by molar-refractivity contribution is -0.139. The molecule has 0 saturated carbocycles. The van der Waals surface area contributed by atoms with Gasteiger partial charge in [0.05, 0.1) is 54.5 Å². The molecule has 0 atom stereocenters. The van der Waals surface area contributed by atoms with Crippen LogP contribution >= 0.6 is 15.9 Å². The van der Waals surface area contributed by atoms with Gasteiger partial charge in [-0.25, -0.2) is 9.78 Å². The van der Waals surface area contributed by atoms with E-state index in [9.17, 15) is 38.7 Å². The maximum absolute atomic E-state index is 13.4. The van der Waals surface area contributed by atoms with Gasteiger partial charge in [0, 0.05) is 49.9 Å². The highest BCUT2D eigenvalue weighted by Gasteiger charge is 2.24. The van der Waals surface area contributed by atoms with E-state index in [1.165, 1.54) is 14.2 Å². The molecule has 10 aromatic rings. The minimum atomic E-state index is -0.622. The third kappa shape index (κ3) is 16.7. The number of aryl methyl sites for hydroxylation is 9. The van der Waals surface area contributed by atoms with E-state index < -0.39 is 11.9 Å². The number of hydrogen-bond acceptors (Lipinski definition) is 12. The highest BCUT2D eigenvalue weighted by Crippen LogP contribution is 2.25. The molecule has 0 fully saturated rings. The van der Waals surface area contributed by atoms with E-state index in [-0.39, 0.29) is 57.1 Å². The van der Waals surface area contributed by atoms with Crippen molar-refractivity contribution in [2.75, 3.05) is 14.2 Å². The molecule has 91 heavy (non-hydrogen) atoms. The molecule has 3 aromatic heterocycles. The maximum Gasteiger partial charge on any atom is 0.343 e. The fourth-order valence-electron chi connectivity index (χ4n) is 9.90. The summed E-state index contributed by atoms with van der Waals surface area (Å²) in [5.41, 5.74) is 15.6. The van der Waals surface area contributed by atoms with Crippen LogP contribution in [0, 0.1) is 69.2 Å². The molecule has 0 amide bonds. The van der Waals surface area contributed by atoms with Crippen molar-refractivity contribution in [3.63, 3.8) is 0 Å². The summed E-state index contributed by atoms with van der Waals surface area (Å²) in [6.45, 7) is 21.5. The molecule has 0 unspecified atom stereocenters. The van der Waals surface area contributed by atoms with Gasteiger partial charge >= 0.3 is 11.9 Å². The normalized spacial score (nSPS) is 11.2. The second-order valence-corrected chi connectivity index (χ2v) is 22.9. The first-order chi connectivity index (χ1) is 43.3. The molecule has 10 rings (SSSR count). The van der Waals surface area contributed by atoms with Crippen LogP contribution in [0.2, 0.25) is 0 Å². The molecule has 2 N–H and O–H groups in total. The van der Waals surface area contributed by atoms with Crippen molar-refractivity contribution in [1.29, 1.82) is 0 Å². The number of ketones is 3. The number of para-hydroxylation sites is 3. The van der Waals surface area contributed by atoms with Crippen molar-refractivity contribution < 1.29 is 38.6 Å². The number of ether oxygens (including phenoxy) is 2. The van der Waals surface area contributed by atoms with Crippen LogP contribution in [0.25, 0.3) is 27.6 Å². The summed E-state index contributed by atoms with van der Waals surface area (Å²) in [6, 6.07) is 51.6. The number of rotatable bonds is 13. The highest BCUT2D eigenvalue weighted by atomic mass is 79.9. The molecular weight excluding hydrogens is 1210 g/mol. The fraction of sp³-hybridized carbons (Fsp3) is 0.197. The van der Waals surface area contributed by atoms with Gasteiger partial charge in [0.25, 0.3) is 0 Å². The molecule has 0 bridgehead atoms. The molecule has 14 nitrogen and oxygen atoms in total. The average Bonchev–Trinajstić information content (AvgIpc) is 1.18. The maximum atomic E-state index is 13.4. The van der Waals surface area contributed by atoms with Crippen molar-refractivity contribution in [3.05, 3.63) is 295 Å². The van der Waals surface area contributed by atoms with E-state index in [1.807, 2.05) is 188 Å². The van der Waals surface area contributed by atoms with Gasteiger partial charge in [-0.15, -0.1) is 0 Å². The fourth-order valence-corrected chi connectivity index (χ4v) is 10.3. The topological polar surface area (TPSA) is 204 Å². The zero-order valence-corrected chi connectivity index (χ0v) is 55.0. The minimum absolute atomic E-state index is 0.0598. The molecule has 0 aliphatic rings. The third-order valence-corrected chi connectivity index (χ3v) is 16.2. The van der Waals surface area contributed by atoms with E-state index in [4.69, 9.17) is 4.74 Å². The van der Waals surface area contributed by atoms with E-state index in [0.717, 1.165) is 65.8 Å². The standard InChI is InChI=1S/C25H21BrN2O2.C20H21NO3.C19H17NO2.C12H14O3/c1-15-11-12-18(13-16(15)2)24(29)23-17(3)28(14-19-7-6-10-22(26)27-19)21-9-5-4-8-20(21)25(23)30;1-13-10-11-16(12-14(13)2)19(22)18(20(23)24-4)15(3)21-17-8-6-5-7-9-17;1-11-8-9-14(10-12(11)2)18(21)17-13(3)20-16-7-5-4-6-15(16)19(17)22;1-8-4-5-10(6-9(8)2)11(13)7-12(14)15-3/h4-13H,14H2,1-3H3;5-12,22H,1-4H3;4-10H,1-3H3,(H,20,22);4-6H,7H2,1-3H3. The van der Waals surface area contributed by atoms with E-state index in [1.54, 1.807) is 62.4 Å². The van der Waals surface area contributed by atoms with Gasteiger partial charge in [0.1, 0.15) is 22.4 Å². The molecule has 0 spiro atoms. The Hall–Kier alpha value is -10.3. The number of nitrogens with zero attached hydrogens (tertiary/aromatic N) is 3. The van der Waals surface area contributed by atoms with Gasteiger partial charge in [0.2, 0.25) is 10.9 Å². The summed E-state index contributed by atoms with van der Waals surface area (Å²) in [5.74, 6) is -1.94. The molecule has 464 valence electrons. The molecule has 0 saturated heterocycles. The number of Topliss-reactive ketones (excluding diaryl/α,β-unsaturated/α-hetero) is 1. The van der Waals surface area contributed by atoms with Crippen molar-refractivity contribution >= 4 is 84.2 Å². The number of methoxy groups -OCH3 is 2. The van der Waals surface area contributed by atoms with Gasteiger partial charge in [-0.3, -0.25) is 33.8 Å². The second kappa shape index (κ2) is 30.8. The number of aromatic amines is 1. The summed E-state index contributed by atoms with van der Waals surface area (Å²) in [4.78, 5) is 98.9. The van der Waals surface area contributed by atoms with Gasteiger partial charge in [0.15, 0.2) is 17.3 Å². The molecule has 15 heteroatoms. The van der Waals surface area contributed by atoms with Crippen LogP contribution in [0.5, 0.6) is 0 Å². The number of aromatic nitrogens is 3. The number of aliphatic hydroxyl groups is 1. The number of aliphatic imine (C=N–C) groups is 1. The second-order valence-electron chi connectivity index (χ2n) is 22.1. The predicted octanol–water partition coefficient (Wildman–Crippen LogP) is 15.6. The first-order valence-electron chi connectivity index (χ1n) is 29.3. The van der Waals surface area contributed by atoms with E-state index in [2.05, 4.69) is 35.6 Å². The minimum Gasteiger partial charge on any atom is -0.506 e. The largest absolute Gasteiger partial charge is 0.506 e. The van der Waals surface area contributed by atoms with Crippen LogP contribution in [-0.2, 0) is 25.6 Å². The Morgan fingerprint density at radius 3 is 1.57 bits per heavy atom. The Balaban J connectivity index is 0.000000177. The van der Waals surface area contributed by atoms with Crippen LogP contribution < -0.4 is 10.9 Å². The number of esters is 2. The molecule has 0 aliphatic carbocycles. The van der Waals surface area contributed by atoms with Crippen LogP contribution in [0.15, 0.2) is 195 Å². The monoisotopic (exact) mass is 1280 g/mol. The van der Waals surface area contributed by atoms with E-state index >= 15 is 0 Å². The quantitative estimate of drug-likeness (QED) is 0.0211. The number of benzene rings is 7. The molecule has 0 radical (unpaired) electrons. The molecule has 7 aromatic carbocycles. The SMILES string of the molecule is COC(=O)C(C(C)=Nc1ccccc1)=C(O)c1ccc(C)c(C)c1.COC(=O)CC(=O)c1ccc(C)c(C)c1.Cc1ccc(C(=O)c2c(C)[nH]c3ccccc3c2=O)cc1C.Cc1ccc(C(=O)c2c(C)n(Cc3cccc(Br)n3)c3ccccc3c2=O)cc1C. The predicted molar refractivity (Wildman–Crippen MR) is 366 cm³/mol. The smallest absolute Gasteiger partial charge is 0.343 e. The lowest BCUT2D eigenvalue weighted by atomic mass is 9.96. The Morgan fingerprint density at radius 1 is 0.538 bits per heavy atom. The van der Waals surface area contributed by atoms with E-state index in [0.29, 0.717) is 62.4 Å². The molecule has 0 aliphatic heterocycles. The lowest BCUT2D eigenvalue weighted by Gasteiger charge is -2.18. The van der Waals surface area contributed by atoms with Gasteiger partial charge < -0.3 is 24.1 Å². The molecular formula is C76H73BrN4O10. The summed E-state index contributed by atoms with van der Waals surface area (Å²) in [5, 5.41) is 11.7.